The minimum atomic E-state index is 0.791. The molecule has 2 heteroatoms. The van der Waals surface area contributed by atoms with Crippen LogP contribution >= 0.6 is 11.8 Å². The van der Waals surface area contributed by atoms with E-state index in [9.17, 15) is 0 Å². The van der Waals surface area contributed by atoms with Gasteiger partial charge in [0.15, 0.2) is 0 Å². The normalized spacial score (nSPS) is 44.8. The largest absolute Gasteiger partial charge is 0.311 e. The Kier molecular flexibility index (Phi) is 4.60. The molecule has 4 atom stereocenters. The van der Waals surface area contributed by atoms with Crippen LogP contribution < -0.4 is 5.32 Å². The lowest BCUT2D eigenvalue weighted by atomic mass is 9.78. The minimum absolute atomic E-state index is 0.791. The van der Waals surface area contributed by atoms with Crippen molar-refractivity contribution >= 4 is 11.8 Å². The van der Waals surface area contributed by atoms with Gasteiger partial charge in [0.05, 0.1) is 0 Å². The van der Waals surface area contributed by atoms with Gasteiger partial charge >= 0.3 is 0 Å². The van der Waals surface area contributed by atoms with Crippen molar-refractivity contribution in [3.05, 3.63) is 0 Å². The molecule has 0 amide bonds. The van der Waals surface area contributed by atoms with Crippen molar-refractivity contribution in [3.8, 4) is 0 Å². The lowest BCUT2D eigenvalue weighted by Crippen LogP contribution is -2.47. The topological polar surface area (TPSA) is 12.0 Å². The van der Waals surface area contributed by atoms with E-state index in [1.807, 2.05) is 0 Å². The molecule has 0 aromatic rings. The Labute approximate surface area is 105 Å². The molecule has 1 nitrogen and oxygen atoms in total. The van der Waals surface area contributed by atoms with Gasteiger partial charge in [0, 0.05) is 17.3 Å². The van der Waals surface area contributed by atoms with Gasteiger partial charge in [-0.3, -0.25) is 0 Å². The van der Waals surface area contributed by atoms with Gasteiger partial charge in [-0.05, 0) is 50.2 Å². The van der Waals surface area contributed by atoms with E-state index in [-0.39, 0.29) is 0 Å². The maximum atomic E-state index is 3.97. The van der Waals surface area contributed by atoms with Crippen LogP contribution in [0, 0.1) is 11.8 Å². The fourth-order valence-electron chi connectivity index (χ4n) is 3.59. The molecule has 0 bridgehead atoms. The van der Waals surface area contributed by atoms with Crippen LogP contribution in [-0.2, 0) is 0 Å². The van der Waals surface area contributed by atoms with Crippen molar-refractivity contribution in [3.63, 3.8) is 0 Å². The molecular weight excluding hydrogens is 214 g/mol. The molecule has 0 heterocycles. The van der Waals surface area contributed by atoms with E-state index < -0.39 is 0 Å². The van der Waals surface area contributed by atoms with Gasteiger partial charge < -0.3 is 5.32 Å². The van der Waals surface area contributed by atoms with Gasteiger partial charge in [-0.2, -0.15) is 11.8 Å². The zero-order valence-electron chi connectivity index (χ0n) is 11.0. The quantitative estimate of drug-likeness (QED) is 0.809. The summed E-state index contributed by atoms with van der Waals surface area (Å²) in [5.74, 6) is 1.77. The van der Waals surface area contributed by atoms with Gasteiger partial charge in [0.25, 0.3) is 0 Å². The molecule has 0 saturated heterocycles. The highest BCUT2D eigenvalue weighted by molar-refractivity contribution is 7.99. The lowest BCUT2D eigenvalue weighted by Gasteiger charge is -2.37. The zero-order valence-corrected chi connectivity index (χ0v) is 11.9. The van der Waals surface area contributed by atoms with E-state index >= 15 is 0 Å². The highest BCUT2D eigenvalue weighted by Crippen LogP contribution is 2.33. The van der Waals surface area contributed by atoms with Crippen LogP contribution in [0.2, 0.25) is 0 Å². The third-order valence-corrected chi connectivity index (χ3v) is 5.79. The molecule has 2 saturated carbocycles. The molecule has 0 aromatic heterocycles. The van der Waals surface area contributed by atoms with Crippen LogP contribution in [-0.4, -0.2) is 23.6 Å². The van der Waals surface area contributed by atoms with E-state index in [2.05, 4.69) is 37.2 Å². The molecule has 0 radical (unpaired) electrons. The SMILES string of the molecule is CSC1CCC(NC2C(C)CCCC2C)C1. The molecule has 2 aliphatic carbocycles. The maximum absolute atomic E-state index is 3.97. The summed E-state index contributed by atoms with van der Waals surface area (Å²) >= 11 is 2.06. The van der Waals surface area contributed by atoms with Crippen molar-refractivity contribution in [1.82, 2.24) is 5.32 Å². The van der Waals surface area contributed by atoms with Crippen LogP contribution in [0.15, 0.2) is 0 Å². The van der Waals surface area contributed by atoms with E-state index in [1.165, 1.54) is 38.5 Å². The number of hydrogen-bond acceptors (Lipinski definition) is 2. The minimum Gasteiger partial charge on any atom is -0.311 e. The Morgan fingerprint density at radius 2 is 1.69 bits per heavy atom. The molecule has 16 heavy (non-hydrogen) atoms. The summed E-state index contributed by atoms with van der Waals surface area (Å²) in [6.07, 6.45) is 10.8. The van der Waals surface area contributed by atoms with Crippen LogP contribution in [0.3, 0.4) is 0 Å². The summed E-state index contributed by atoms with van der Waals surface area (Å²) < 4.78 is 0. The van der Waals surface area contributed by atoms with E-state index in [1.54, 1.807) is 0 Å². The standard InChI is InChI=1S/C14H27NS/c1-10-5-4-6-11(2)14(10)15-12-7-8-13(9-12)16-3/h10-15H,4-9H2,1-3H3. The lowest BCUT2D eigenvalue weighted by molar-refractivity contribution is 0.193. The first-order valence-electron chi connectivity index (χ1n) is 6.99. The second-order valence-electron chi connectivity index (χ2n) is 5.95. The number of hydrogen-bond donors (Lipinski definition) is 1. The van der Waals surface area contributed by atoms with Crippen molar-refractivity contribution in [2.24, 2.45) is 11.8 Å². The Hall–Kier alpha value is 0.310. The highest BCUT2D eigenvalue weighted by Gasteiger charge is 2.32. The van der Waals surface area contributed by atoms with Crippen LogP contribution in [0.5, 0.6) is 0 Å². The van der Waals surface area contributed by atoms with Gasteiger partial charge in [0.1, 0.15) is 0 Å². The van der Waals surface area contributed by atoms with Crippen LogP contribution in [0.25, 0.3) is 0 Å². The predicted molar refractivity (Wildman–Crippen MR) is 74.0 cm³/mol. The van der Waals surface area contributed by atoms with Gasteiger partial charge in [-0.25, -0.2) is 0 Å². The fourth-order valence-corrected chi connectivity index (χ4v) is 4.38. The molecular formula is C14H27NS. The number of thioether (sulfide) groups is 1. The van der Waals surface area contributed by atoms with Gasteiger partial charge in [-0.1, -0.05) is 20.3 Å². The van der Waals surface area contributed by atoms with Gasteiger partial charge in [0.2, 0.25) is 0 Å². The number of rotatable bonds is 3. The summed E-state index contributed by atoms with van der Waals surface area (Å²) in [5, 5.41) is 4.89. The van der Waals surface area contributed by atoms with Crippen molar-refractivity contribution in [2.45, 2.75) is 69.7 Å². The molecule has 4 unspecified atom stereocenters. The highest BCUT2D eigenvalue weighted by atomic mass is 32.2. The molecule has 94 valence electrons. The summed E-state index contributed by atoms with van der Waals surface area (Å²) in [5.41, 5.74) is 0. The summed E-state index contributed by atoms with van der Waals surface area (Å²) in [7, 11) is 0. The van der Waals surface area contributed by atoms with Crippen LogP contribution in [0.1, 0.15) is 52.4 Å². The molecule has 2 fully saturated rings. The van der Waals surface area contributed by atoms with Crippen molar-refractivity contribution in [2.75, 3.05) is 6.26 Å². The molecule has 0 aromatic carbocycles. The summed E-state index contributed by atoms with van der Waals surface area (Å²) in [6.45, 7) is 4.88. The third-order valence-electron chi connectivity index (χ3n) is 4.69. The first-order valence-corrected chi connectivity index (χ1v) is 8.28. The van der Waals surface area contributed by atoms with Crippen molar-refractivity contribution < 1.29 is 0 Å². The predicted octanol–water partition coefficient (Wildman–Crippen LogP) is 3.68. The van der Waals surface area contributed by atoms with Crippen LogP contribution in [0.4, 0.5) is 0 Å². The second kappa shape index (κ2) is 5.77. The average molecular weight is 241 g/mol. The molecule has 2 aliphatic rings. The fraction of sp³-hybridized carbons (Fsp3) is 1.00. The molecule has 2 rings (SSSR count). The summed E-state index contributed by atoms with van der Waals surface area (Å²) in [6, 6.07) is 1.60. The van der Waals surface area contributed by atoms with E-state index in [0.29, 0.717) is 0 Å². The Bertz CT molecular complexity index is 209. The van der Waals surface area contributed by atoms with Crippen molar-refractivity contribution in [1.29, 1.82) is 0 Å². The first kappa shape index (κ1) is 12.8. The Balaban J connectivity index is 1.83. The van der Waals surface area contributed by atoms with E-state index in [0.717, 1.165) is 29.2 Å². The molecule has 0 spiro atoms. The molecule has 1 N–H and O–H groups in total. The first-order chi connectivity index (χ1) is 7.70. The second-order valence-corrected chi connectivity index (χ2v) is 7.08. The maximum Gasteiger partial charge on any atom is 0.0121 e. The average Bonchev–Trinajstić information content (AvgIpc) is 2.71. The Morgan fingerprint density at radius 1 is 1.00 bits per heavy atom. The monoisotopic (exact) mass is 241 g/mol. The molecule has 0 aliphatic heterocycles. The third kappa shape index (κ3) is 2.95. The number of nitrogens with one attached hydrogen (secondary N) is 1. The Morgan fingerprint density at radius 3 is 2.25 bits per heavy atom. The zero-order chi connectivity index (χ0) is 11.5. The summed E-state index contributed by atoms with van der Waals surface area (Å²) in [4.78, 5) is 0. The van der Waals surface area contributed by atoms with Gasteiger partial charge in [-0.15, -0.1) is 0 Å². The smallest absolute Gasteiger partial charge is 0.0121 e. The van der Waals surface area contributed by atoms with E-state index in [4.69, 9.17) is 0 Å².